The van der Waals surface area contributed by atoms with Gasteiger partial charge in [0.05, 0.1) is 19.1 Å². The molecule has 1 aromatic heterocycles. The summed E-state index contributed by atoms with van der Waals surface area (Å²) < 4.78 is 6.38. The first kappa shape index (κ1) is 24.6. The number of aromatic nitrogens is 1. The number of amides is 2. The number of carbonyl (C=O) groups is 2. The van der Waals surface area contributed by atoms with Crippen molar-refractivity contribution in [3.63, 3.8) is 0 Å². The number of nitrogens with one attached hydrogen (secondary N) is 2. The summed E-state index contributed by atoms with van der Waals surface area (Å²) in [5, 5.41) is 15.3. The van der Waals surface area contributed by atoms with E-state index in [1.807, 2.05) is 55.5 Å². The van der Waals surface area contributed by atoms with Crippen LogP contribution in [0.5, 0.6) is 5.75 Å². The predicted octanol–water partition coefficient (Wildman–Crippen LogP) is 4.19. The minimum Gasteiger partial charge on any atom is -0.505 e. The van der Waals surface area contributed by atoms with Gasteiger partial charge in [-0.3, -0.25) is 9.59 Å². The first-order chi connectivity index (χ1) is 16.2. The Hall–Kier alpha value is -4.07. The summed E-state index contributed by atoms with van der Waals surface area (Å²) in [7, 11) is 1.54. The van der Waals surface area contributed by atoms with Crippen molar-refractivity contribution in [2.45, 2.75) is 33.2 Å². The Bertz CT molecular complexity index is 1250. The van der Waals surface area contributed by atoms with Gasteiger partial charge < -0.3 is 25.0 Å². The lowest BCUT2D eigenvalue weighted by Crippen LogP contribution is -2.36. The number of esters is 1. The minimum atomic E-state index is -0.728. The molecule has 0 aliphatic rings. The van der Waals surface area contributed by atoms with E-state index in [0.717, 1.165) is 16.7 Å². The van der Waals surface area contributed by atoms with E-state index in [2.05, 4.69) is 10.6 Å². The first-order valence-corrected chi connectivity index (χ1v) is 11.0. The van der Waals surface area contributed by atoms with Crippen LogP contribution in [0.2, 0.25) is 0 Å². The number of carbonyl (C=O) groups excluding carboxylic acids is 2. The number of aromatic hydroxyl groups is 1. The van der Waals surface area contributed by atoms with E-state index in [1.165, 1.54) is 10.6 Å². The van der Waals surface area contributed by atoms with Crippen molar-refractivity contribution in [3.8, 4) is 16.9 Å². The number of anilines is 1. The SMILES string of the molecule is CCOC(=O)C[C@H](NC(=O)Nc1c(O)cc(C)n(C)c1=O)c1ccc(-c2ccccc2C)cc1. The highest BCUT2D eigenvalue weighted by molar-refractivity contribution is 5.91. The maximum atomic E-state index is 12.7. The third kappa shape index (κ3) is 5.64. The molecular weight excluding hydrogens is 434 g/mol. The number of hydrogen-bond donors (Lipinski definition) is 3. The number of hydrogen-bond acceptors (Lipinski definition) is 5. The van der Waals surface area contributed by atoms with Gasteiger partial charge in [0, 0.05) is 18.8 Å². The van der Waals surface area contributed by atoms with Crippen molar-refractivity contribution in [3.05, 3.63) is 81.8 Å². The van der Waals surface area contributed by atoms with Gasteiger partial charge in [-0.05, 0) is 43.0 Å². The summed E-state index contributed by atoms with van der Waals surface area (Å²) in [4.78, 5) is 37.4. The van der Waals surface area contributed by atoms with Crippen molar-refractivity contribution in [2.24, 2.45) is 7.05 Å². The monoisotopic (exact) mass is 463 g/mol. The van der Waals surface area contributed by atoms with Crippen LogP contribution in [0.15, 0.2) is 59.4 Å². The van der Waals surface area contributed by atoms with Crippen LogP contribution in [0.4, 0.5) is 10.5 Å². The Labute approximate surface area is 198 Å². The highest BCUT2D eigenvalue weighted by Crippen LogP contribution is 2.26. The van der Waals surface area contributed by atoms with Crippen LogP contribution in [0.3, 0.4) is 0 Å². The molecule has 0 fully saturated rings. The van der Waals surface area contributed by atoms with Crippen molar-refractivity contribution < 1.29 is 19.4 Å². The molecule has 0 unspecified atom stereocenters. The van der Waals surface area contributed by atoms with Gasteiger partial charge in [0.1, 0.15) is 5.75 Å². The lowest BCUT2D eigenvalue weighted by molar-refractivity contribution is -0.143. The van der Waals surface area contributed by atoms with Crippen LogP contribution in [0, 0.1) is 13.8 Å². The minimum absolute atomic E-state index is 0.0944. The van der Waals surface area contributed by atoms with Crippen LogP contribution in [0.25, 0.3) is 11.1 Å². The molecular formula is C26H29N3O5. The molecule has 0 radical (unpaired) electrons. The molecule has 34 heavy (non-hydrogen) atoms. The average molecular weight is 464 g/mol. The molecule has 0 spiro atoms. The molecule has 2 aromatic carbocycles. The standard InChI is InChI=1S/C26H29N3O5/c1-5-34-23(31)15-21(19-12-10-18(11-13-19)20-9-7-6-8-16(20)2)27-26(33)28-24-22(30)14-17(3)29(4)25(24)32/h6-14,21,30H,5,15H2,1-4H3,(H2,27,28,33)/t21-/m0/s1. The van der Waals surface area contributed by atoms with Gasteiger partial charge in [-0.2, -0.15) is 0 Å². The van der Waals surface area contributed by atoms with E-state index in [1.54, 1.807) is 20.9 Å². The molecule has 2 amide bonds. The van der Waals surface area contributed by atoms with Crippen LogP contribution >= 0.6 is 0 Å². The van der Waals surface area contributed by atoms with Gasteiger partial charge in [0.15, 0.2) is 5.69 Å². The summed E-state index contributed by atoms with van der Waals surface area (Å²) >= 11 is 0. The summed E-state index contributed by atoms with van der Waals surface area (Å²) in [6, 6.07) is 15.5. The van der Waals surface area contributed by atoms with Gasteiger partial charge in [-0.25, -0.2) is 4.79 Å². The second-order valence-electron chi connectivity index (χ2n) is 8.01. The van der Waals surface area contributed by atoms with E-state index in [0.29, 0.717) is 11.3 Å². The smallest absolute Gasteiger partial charge is 0.319 e. The van der Waals surface area contributed by atoms with E-state index in [-0.39, 0.29) is 24.5 Å². The molecule has 3 aromatic rings. The second-order valence-corrected chi connectivity index (χ2v) is 8.01. The van der Waals surface area contributed by atoms with Gasteiger partial charge in [-0.15, -0.1) is 0 Å². The van der Waals surface area contributed by atoms with Crippen LogP contribution in [0.1, 0.15) is 36.2 Å². The van der Waals surface area contributed by atoms with Crippen LogP contribution in [-0.4, -0.2) is 28.3 Å². The Morgan fingerprint density at radius 3 is 2.41 bits per heavy atom. The molecule has 8 nitrogen and oxygen atoms in total. The van der Waals surface area contributed by atoms with Crippen LogP contribution in [-0.2, 0) is 16.6 Å². The second kappa shape index (κ2) is 10.7. The number of nitrogens with zero attached hydrogens (tertiary/aromatic N) is 1. The molecule has 1 heterocycles. The number of rotatable bonds is 7. The topological polar surface area (TPSA) is 110 Å². The Morgan fingerprint density at radius 1 is 1.09 bits per heavy atom. The third-order valence-electron chi connectivity index (χ3n) is 5.64. The summed E-state index contributed by atoms with van der Waals surface area (Å²) in [5.74, 6) is -0.801. The summed E-state index contributed by atoms with van der Waals surface area (Å²) in [6.45, 7) is 5.63. The molecule has 0 saturated heterocycles. The van der Waals surface area contributed by atoms with Crippen molar-refractivity contribution in [1.29, 1.82) is 0 Å². The lowest BCUT2D eigenvalue weighted by Gasteiger charge is -2.20. The van der Waals surface area contributed by atoms with E-state index < -0.39 is 23.6 Å². The molecule has 3 rings (SSSR count). The third-order valence-corrected chi connectivity index (χ3v) is 5.64. The van der Waals surface area contributed by atoms with Crippen molar-refractivity contribution in [1.82, 2.24) is 9.88 Å². The zero-order chi connectivity index (χ0) is 24.8. The van der Waals surface area contributed by atoms with Crippen molar-refractivity contribution >= 4 is 17.7 Å². The van der Waals surface area contributed by atoms with E-state index in [9.17, 15) is 19.5 Å². The average Bonchev–Trinajstić information content (AvgIpc) is 2.81. The quantitative estimate of drug-likeness (QED) is 0.455. The summed E-state index contributed by atoms with van der Waals surface area (Å²) in [6.07, 6.45) is -0.0944. The molecule has 178 valence electrons. The fraction of sp³-hybridized carbons (Fsp3) is 0.269. The van der Waals surface area contributed by atoms with Gasteiger partial charge >= 0.3 is 12.0 Å². The number of urea groups is 1. The maximum absolute atomic E-state index is 12.7. The zero-order valence-corrected chi connectivity index (χ0v) is 19.7. The fourth-order valence-electron chi connectivity index (χ4n) is 3.66. The predicted molar refractivity (Wildman–Crippen MR) is 131 cm³/mol. The molecule has 3 N–H and O–H groups in total. The van der Waals surface area contributed by atoms with Gasteiger partial charge in [-0.1, -0.05) is 48.5 Å². The van der Waals surface area contributed by atoms with Gasteiger partial charge in [0.25, 0.3) is 5.56 Å². The molecule has 1 atom stereocenters. The van der Waals surface area contributed by atoms with Gasteiger partial charge in [0.2, 0.25) is 0 Å². The van der Waals surface area contributed by atoms with Crippen LogP contribution < -0.4 is 16.2 Å². The Morgan fingerprint density at radius 2 is 1.76 bits per heavy atom. The largest absolute Gasteiger partial charge is 0.505 e. The molecule has 8 heteroatoms. The number of ether oxygens (including phenoxy) is 1. The normalized spacial score (nSPS) is 11.5. The van der Waals surface area contributed by atoms with Crippen molar-refractivity contribution in [2.75, 3.05) is 11.9 Å². The molecule has 0 bridgehead atoms. The zero-order valence-electron chi connectivity index (χ0n) is 19.7. The lowest BCUT2D eigenvalue weighted by atomic mass is 9.97. The molecule has 0 aliphatic carbocycles. The highest BCUT2D eigenvalue weighted by atomic mass is 16.5. The Balaban J connectivity index is 1.85. The van der Waals surface area contributed by atoms with E-state index in [4.69, 9.17) is 4.74 Å². The first-order valence-electron chi connectivity index (χ1n) is 11.0. The maximum Gasteiger partial charge on any atom is 0.319 e. The number of pyridine rings is 1. The Kier molecular flexibility index (Phi) is 7.73. The highest BCUT2D eigenvalue weighted by Gasteiger charge is 2.21. The molecule has 0 saturated carbocycles. The molecule has 0 aliphatic heterocycles. The fourth-order valence-corrected chi connectivity index (χ4v) is 3.66. The number of aryl methyl sites for hydroxylation is 2. The summed E-state index contributed by atoms with van der Waals surface area (Å²) in [5.41, 5.74) is 3.69. The van der Waals surface area contributed by atoms with E-state index >= 15 is 0 Å². The number of benzene rings is 2.